The van der Waals surface area contributed by atoms with Crippen molar-refractivity contribution in [3.63, 3.8) is 0 Å². The Morgan fingerprint density at radius 1 is 1.32 bits per heavy atom. The van der Waals surface area contributed by atoms with Gasteiger partial charge < -0.3 is 10.2 Å². The second-order valence-electron chi connectivity index (χ2n) is 5.02. The van der Waals surface area contributed by atoms with Crippen molar-refractivity contribution in [1.29, 1.82) is 0 Å². The van der Waals surface area contributed by atoms with E-state index in [-0.39, 0.29) is 5.91 Å². The first-order valence-corrected chi connectivity index (χ1v) is 6.45. The molecule has 1 saturated carbocycles. The number of piperazine rings is 1. The second kappa shape index (κ2) is 4.52. The fourth-order valence-corrected chi connectivity index (χ4v) is 2.63. The van der Waals surface area contributed by atoms with Gasteiger partial charge >= 0.3 is 0 Å². The zero-order chi connectivity index (χ0) is 13.3. The molecule has 5 heteroatoms. The molecule has 0 radical (unpaired) electrons. The molecule has 1 heterocycles. The molecule has 1 aromatic carbocycles. The fraction of sp³-hybridized carbons (Fsp3) is 0.429. The molecule has 1 N–H and O–H groups in total. The molecule has 3 rings (SSSR count). The van der Waals surface area contributed by atoms with Gasteiger partial charge in [0.15, 0.2) is 0 Å². The zero-order valence-electron chi connectivity index (χ0n) is 10.6. The molecule has 1 aromatic rings. The molecule has 5 nitrogen and oxygen atoms in total. The topological polar surface area (TPSA) is 61.8 Å². The SMILES string of the molecule is O=C=NC1(c2ccccc2N2CCNC(=O)C2)CC1. The average molecular weight is 257 g/mol. The molecule has 0 spiro atoms. The predicted molar refractivity (Wildman–Crippen MR) is 70.7 cm³/mol. The maximum absolute atomic E-state index is 11.5. The van der Waals surface area contributed by atoms with Crippen LogP contribution < -0.4 is 10.2 Å². The predicted octanol–water partition coefficient (Wildman–Crippen LogP) is 0.948. The Hall–Kier alpha value is -2.13. The summed E-state index contributed by atoms with van der Waals surface area (Å²) >= 11 is 0. The van der Waals surface area contributed by atoms with Crippen molar-refractivity contribution < 1.29 is 9.59 Å². The molecule has 1 amide bonds. The summed E-state index contributed by atoms with van der Waals surface area (Å²) in [5.41, 5.74) is 1.65. The molecule has 1 aliphatic carbocycles. The highest BCUT2D eigenvalue weighted by atomic mass is 16.2. The number of hydrogen-bond donors (Lipinski definition) is 1. The standard InChI is InChI=1S/C14H15N3O2/c18-10-16-14(5-6-14)11-3-1-2-4-12(11)17-8-7-15-13(19)9-17/h1-4H,5-9H2,(H,15,19). The lowest BCUT2D eigenvalue weighted by Crippen LogP contribution is -2.48. The van der Waals surface area contributed by atoms with Gasteiger partial charge in [-0.05, 0) is 18.9 Å². The molecule has 0 bridgehead atoms. The number of nitrogens with one attached hydrogen (secondary N) is 1. The number of aliphatic imine (C=N–C) groups is 1. The number of amides is 1. The van der Waals surface area contributed by atoms with Gasteiger partial charge in [-0.1, -0.05) is 18.2 Å². The first-order valence-electron chi connectivity index (χ1n) is 6.45. The monoisotopic (exact) mass is 257 g/mol. The Bertz CT molecular complexity index is 560. The fourth-order valence-electron chi connectivity index (χ4n) is 2.63. The molecular formula is C14H15N3O2. The molecule has 1 aliphatic heterocycles. The number of carbonyl (C=O) groups is 1. The van der Waals surface area contributed by atoms with E-state index in [1.165, 1.54) is 0 Å². The summed E-state index contributed by atoms with van der Waals surface area (Å²) in [5, 5.41) is 2.81. The number of anilines is 1. The first-order chi connectivity index (χ1) is 9.25. The molecule has 1 saturated heterocycles. The summed E-state index contributed by atoms with van der Waals surface area (Å²) in [7, 11) is 0. The molecule has 2 fully saturated rings. The molecule has 19 heavy (non-hydrogen) atoms. The summed E-state index contributed by atoms with van der Waals surface area (Å²) in [5.74, 6) is 0.0322. The van der Waals surface area contributed by atoms with Crippen LogP contribution in [0, 0.1) is 0 Å². The van der Waals surface area contributed by atoms with Crippen LogP contribution in [0.1, 0.15) is 18.4 Å². The van der Waals surface area contributed by atoms with Crippen LogP contribution in [-0.2, 0) is 15.1 Å². The summed E-state index contributed by atoms with van der Waals surface area (Å²) in [4.78, 5) is 28.1. The van der Waals surface area contributed by atoms with E-state index in [2.05, 4.69) is 15.2 Å². The minimum atomic E-state index is -0.397. The van der Waals surface area contributed by atoms with Crippen LogP contribution in [0.25, 0.3) is 0 Å². The van der Waals surface area contributed by atoms with Crippen LogP contribution in [0.3, 0.4) is 0 Å². The van der Waals surface area contributed by atoms with E-state index in [9.17, 15) is 9.59 Å². The van der Waals surface area contributed by atoms with Crippen LogP contribution in [0.4, 0.5) is 5.69 Å². The quantitative estimate of drug-likeness (QED) is 0.647. The van der Waals surface area contributed by atoms with Crippen LogP contribution >= 0.6 is 0 Å². The number of isocyanates is 1. The van der Waals surface area contributed by atoms with Crippen LogP contribution in [0.15, 0.2) is 29.3 Å². The van der Waals surface area contributed by atoms with Crippen molar-refractivity contribution in [2.45, 2.75) is 18.4 Å². The number of hydrogen-bond acceptors (Lipinski definition) is 4. The van der Waals surface area contributed by atoms with Crippen LogP contribution in [0.2, 0.25) is 0 Å². The van der Waals surface area contributed by atoms with Crippen molar-refractivity contribution in [3.05, 3.63) is 29.8 Å². The molecular weight excluding hydrogens is 242 g/mol. The van der Waals surface area contributed by atoms with Crippen molar-refractivity contribution in [3.8, 4) is 0 Å². The highest BCUT2D eigenvalue weighted by Gasteiger charge is 2.46. The van der Waals surface area contributed by atoms with E-state index in [0.29, 0.717) is 13.1 Å². The number of para-hydroxylation sites is 1. The smallest absolute Gasteiger partial charge is 0.239 e. The van der Waals surface area contributed by atoms with E-state index in [1.54, 1.807) is 6.08 Å². The summed E-state index contributed by atoms with van der Waals surface area (Å²) < 4.78 is 0. The Morgan fingerprint density at radius 2 is 2.11 bits per heavy atom. The van der Waals surface area contributed by atoms with E-state index in [4.69, 9.17) is 0 Å². The van der Waals surface area contributed by atoms with Crippen molar-refractivity contribution in [2.24, 2.45) is 4.99 Å². The minimum absolute atomic E-state index is 0.0322. The molecule has 0 unspecified atom stereocenters. The summed E-state index contributed by atoms with van der Waals surface area (Å²) in [6.07, 6.45) is 3.43. The maximum atomic E-state index is 11.5. The van der Waals surface area contributed by atoms with Gasteiger partial charge in [-0.3, -0.25) is 4.79 Å². The maximum Gasteiger partial charge on any atom is 0.239 e. The summed E-state index contributed by atoms with van der Waals surface area (Å²) in [6, 6.07) is 7.89. The summed E-state index contributed by atoms with van der Waals surface area (Å²) in [6.45, 7) is 1.79. The van der Waals surface area contributed by atoms with Gasteiger partial charge in [-0.15, -0.1) is 0 Å². The van der Waals surface area contributed by atoms with E-state index in [0.717, 1.165) is 30.6 Å². The molecule has 98 valence electrons. The lowest BCUT2D eigenvalue weighted by Gasteiger charge is -2.31. The van der Waals surface area contributed by atoms with Gasteiger partial charge in [0.05, 0.1) is 6.54 Å². The largest absolute Gasteiger partial charge is 0.360 e. The van der Waals surface area contributed by atoms with Crippen molar-refractivity contribution in [2.75, 3.05) is 24.5 Å². The number of carbonyl (C=O) groups excluding carboxylic acids is 2. The van der Waals surface area contributed by atoms with Crippen molar-refractivity contribution >= 4 is 17.7 Å². The third-order valence-corrected chi connectivity index (χ3v) is 3.77. The molecule has 2 aliphatic rings. The van der Waals surface area contributed by atoms with Gasteiger partial charge in [0, 0.05) is 24.3 Å². The van der Waals surface area contributed by atoms with Gasteiger partial charge in [0.2, 0.25) is 12.0 Å². The van der Waals surface area contributed by atoms with Gasteiger partial charge in [-0.2, -0.15) is 4.99 Å². The molecule has 0 aromatic heterocycles. The highest BCUT2D eigenvalue weighted by molar-refractivity contribution is 5.83. The lowest BCUT2D eigenvalue weighted by molar-refractivity contribution is -0.120. The molecule has 0 atom stereocenters. The lowest BCUT2D eigenvalue weighted by atomic mass is 10.0. The van der Waals surface area contributed by atoms with Gasteiger partial charge in [-0.25, -0.2) is 4.79 Å². The Morgan fingerprint density at radius 3 is 2.79 bits per heavy atom. The normalized spacial score (nSPS) is 20.4. The Labute approximate surface area is 111 Å². The number of nitrogens with zero attached hydrogens (tertiary/aromatic N) is 2. The van der Waals surface area contributed by atoms with Gasteiger partial charge in [0.1, 0.15) is 5.54 Å². The number of rotatable bonds is 3. The Balaban J connectivity index is 1.98. The van der Waals surface area contributed by atoms with Crippen molar-refractivity contribution in [1.82, 2.24) is 5.32 Å². The van der Waals surface area contributed by atoms with Crippen LogP contribution in [-0.4, -0.2) is 31.6 Å². The average Bonchev–Trinajstić information content (AvgIpc) is 3.20. The van der Waals surface area contributed by atoms with E-state index in [1.807, 2.05) is 24.3 Å². The second-order valence-corrected chi connectivity index (χ2v) is 5.02. The highest BCUT2D eigenvalue weighted by Crippen LogP contribution is 2.52. The Kier molecular flexibility index (Phi) is 2.84. The third-order valence-electron chi connectivity index (χ3n) is 3.77. The third kappa shape index (κ3) is 2.13. The van der Waals surface area contributed by atoms with E-state index < -0.39 is 5.54 Å². The van der Waals surface area contributed by atoms with Crippen LogP contribution in [0.5, 0.6) is 0 Å². The first kappa shape index (κ1) is 11.9. The number of benzene rings is 1. The zero-order valence-corrected chi connectivity index (χ0v) is 10.6. The van der Waals surface area contributed by atoms with Gasteiger partial charge in [0.25, 0.3) is 0 Å². The van der Waals surface area contributed by atoms with E-state index >= 15 is 0 Å². The minimum Gasteiger partial charge on any atom is -0.360 e.